The third-order valence-corrected chi connectivity index (χ3v) is 3.73. The molecule has 2 fully saturated rings. The first-order valence-electron chi connectivity index (χ1n) is 7.12. The Labute approximate surface area is 104 Å². The molecule has 4 heteroatoms. The van der Waals surface area contributed by atoms with Gasteiger partial charge in [-0.25, -0.2) is 5.01 Å². The lowest BCUT2D eigenvalue weighted by Gasteiger charge is -2.42. The molecule has 1 unspecified atom stereocenters. The number of nitrogens with one attached hydrogen (secondary N) is 1. The fourth-order valence-electron chi connectivity index (χ4n) is 2.77. The molecule has 2 heterocycles. The summed E-state index contributed by atoms with van der Waals surface area (Å²) in [6, 6.07) is 0.0608. The molecule has 1 N–H and O–H groups in total. The summed E-state index contributed by atoms with van der Waals surface area (Å²) in [5.41, 5.74) is 0. The SMILES string of the molecule is CCCNC1CCCN(N2CCCCC2)C1=O. The summed E-state index contributed by atoms with van der Waals surface area (Å²) in [4.78, 5) is 12.4. The number of hydrogen-bond donors (Lipinski definition) is 1. The van der Waals surface area contributed by atoms with Gasteiger partial charge in [-0.05, 0) is 38.6 Å². The third-order valence-electron chi connectivity index (χ3n) is 3.73. The lowest BCUT2D eigenvalue weighted by Crippen LogP contribution is -2.58. The van der Waals surface area contributed by atoms with Crippen molar-refractivity contribution in [3.8, 4) is 0 Å². The first-order chi connectivity index (χ1) is 8.33. The quantitative estimate of drug-likeness (QED) is 0.805. The number of hydrazine groups is 1. The summed E-state index contributed by atoms with van der Waals surface area (Å²) in [6.45, 7) is 6.13. The summed E-state index contributed by atoms with van der Waals surface area (Å²) in [6.07, 6.45) is 7.00. The minimum absolute atomic E-state index is 0.0608. The van der Waals surface area contributed by atoms with Gasteiger partial charge < -0.3 is 5.32 Å². The van der Waals surface area contributed by atoms with E-state index in [1.165, 1.54) is 19.3 Å². The highest BCUT2D eigenvalue weighted by molar-refractivity contribution is 5.82. The lowest BCUT2D eigenvalue weighted by atomic mass is 10.1. The van der Waals surface area contributed by atoms with Crippen molar-refractivity contribution in [3.05, 3.63) is 0 Å². The van der Waals surface area contributed by atoms with E-state index >= 15 is 0 Å². The van der Waals surface area contributed by atoms with E-state index in [-0.39, 0.29) is 6.04 Å². The molecule has 0 radical (unpaired) electrons. The highest BCUT2D eigenvalue weighted by atomic mass is 16.2. The van der Waals surface area contributed by atoms with Gasteiger partial charge in [-0.2, -0.15) is 0 Å². The molecule has 2 aliphatic rings. The zero-order valence-corrected chi connectivity index (χ0v) is 11.0. The maximum atomic E-state index is 12.4. The Hall–Kier alpha value is -0.610. The standard InChI is InChI=1S/C13H25N3O/c1-2-8-14-12-7-6-11-16(13(12)17)15-9-4-3-5-10-15/h12,14H,2-11H2,1H3. The van der Waals surface area contributed by atoms with Gasteiger partial charge in [-0.1, -0.05) is 13.3 Å². The van der Waals surface area contributed by atoms with Gasteiger partial charge in [0.05, 0.1) is 6.04 Å². The number of amides is 1. The highest BCUT2D eigenvalue weighted by Crippen LogP contribution is 2.18. The second-order valence-electron chi connectivity index (χ2n) is 5.12. The van der Waals surface area contributed by atoms with Crippen LogP contribution in [-0.2, 0) is 4.79 Å². The maximum Gasteiger partial charge on any atom is 0.253 e. The van der Waals surface area contributed by atoms with Crippen LogP contribution in [0.1, 0.15) is 45.4 Å². The Morgan fingerprint density at radius 3 is 2.65 bits per heavy atom. The number of piperidine rings is 2. The molecular formula is C13H25N3O. The Morgan fingerprint density at radius 1 is 1.18 bits per heavy atom. The summed E-state index contributed by atoms with van der Waals surface area (Å²) in [5.74, 6) is 0.298. The van der Waals surface area contributed by atoms with Crippen molar-refractivity contribution in [2.24, 2.45) is 0 Å². The first kappa shape index (κ1) is 12.8. The molecule has 98 valence electrons. The largest absolute Gasteiger partial charge is 0.306 e. The van der Waals surface area contributed by atoms with Gasteiger partial charge in [0.15, 0.2) is 0 Å². The van der Waals surface area contributed by atoms with E-state index in [0.717, 1.165) is 45.4 Å². The van der Waals surface area contributed by atoms with Crippen molar-refractivity contribution in [1.82, 2.24) is 15.3 Å². The van der Waals surface area contributed by atoms with Crippen LogP contribution in [0.3, 0.4) is 0 Å². The van der Waals surface area contributed by atoms with Gasteiger partial charge in [-0.3, -0.25) is 9.80 Å². The van der Waals surface area contributed by atoms with Crippen molar-refractivity contribution in [1.29, 1.82) is 0 Å². The molecule has 4 nitrogen and oxygen atoms in total. The smallest absolute Gasteiger partial charge is 0.253 e. The van der Waals surface area contributed by atoms with E-state index in [1.54, 1.807) is 0 Å². The molecule has 2 rings (SSSR count). The number of carbonyl (C=O) groups excluding carboxylic acids is 1. The number of rotatable bonds is 4. The molecule has 0 aromatic rings. The van der Waals surface area contributed by atoms with Crippen LogP contribution in [0, 0.1) is 0 Å². The molecule has 17 heavy (non-hydrogen) atoms. The Kier molecular flexibility index (Phi) is 4.80. The highest BCUT2D eigenvalue weighted by Gasteiger charge is 2.32. The average Bonchev–Trinajstić information content (AvgIpc) is 2.39. The third kappa shape index (κ3) is 3.19. The van der Waals surface area contributed by atoms with Crippen molar-refractivity contribution in [2.75, 3.05) is 26.2 Å². The molecule has 0 spiro atoms. The number of carbonyl (C=O) groups is 1. The van der Waals surface area contributed by atoms with Gasteiger partial charge in [0.1, 0.15) is 0 Å². The van der Waals surface area contributed by atoms with Crippen LogP contribution in [0.5, 0.6) is 0 Å². The Morgan fingerprint density at radius 2 is 1.94 bits per heavy atom. The summed E-state index contributed by atoms with van der Waals surface area (Å²) < 4.78 is 0. The fraction of sp³-hybridized carbons (Fsp3) is 0.923. The van der Waals surface area contributed by atoms with Gasteiger partial charge in [0.2, 0.25) is 0 Å². The van der Waals surface area contributed by atoms with Gasteiger partial charge in [0.25, 0.3) is 5.91 Å². The summed E-state index contributed by atoms with van der Waals surface area (Å²) in [7, 11) is 0. The molecule has 2 saturated heterocycles. The fourth-order valence-corrected chi connectivity index (χ4v) is 2.77. The zero-order chi connectivity index (χ0) is 12.1. The topological polar surface area (TPSA) is 35.6 Å². The van der Waals surface area contributed by atoms with Crippen LogP contribution in [-0.4, -0.2) is 48.1 Å². The van der Waals surface area contributed by atoms with Crippen LogP contribution in [0.15, 0.2) is 0 Å². The normalized spacial score (nSPS) is 27.5. The van der Waals surface area contributed by atoms with Gasteiger partial charge in [-0.15, -0.1) is 0 Å². The second-order valence-corrected chi connectivity index (χ2v) is 5.12. The summed E-state index contributed by atoms with van der Waals surface area (Å²) >= 11 is 0. The molecule has 1 atom stereocenters. The number of hydrogen-bond acceptors (Lipinski definition) is 3. The van der Waals surface area contributed by atoms with E-state index < -0.39 is 0 Å². The predicted molar refractivity (Wildman–Crippen MR) is 68.5 cm³/mol. The number of nitrogens with zero attached hydrogens (tertiary/aromatic N) is 2. The van der Waals surface area contributed by atoms with Crippen molar-refractivity contribution >= 4 is 5.91 Å². The monoisotopic (exact) mass is 239 g/mol. The average molecular weight is 239 g/mol. The Bertz CT molecular complexity index is 251. The first-order valence-corrected chi connectivity index (χ1v) is 7.12. The predicted octanol–water partition coefficient (Wildman–Crippen LogP) is 1.38. The van der Waals surface area contributed by atoms with Crippen molar-refractivity contribution in [2.45, 2.75) is 51.5 Å². The molecule has 0 saturated carbocycles. The second kappa shape index (κ2) is 6.36. The molecular weight excluding hydrogens is 214 g/mol. The molecule has 2 aliphatic heterocycles. The van der Waals surface area contributed by atoms with E-state index in [1.807, 2.05) is 5.01 Å². The van der Waals surface area contributed by atoms with E-state index in [0.29, 0.717) is 5.91 Å². The van der Waals surface area contributed by atoms with Crippen LogP contribution in [0.25, 0.3) is 0 Å². The van der Waals surface area contributed by atoms with Crippen LogP contribution in [0.4, 0.5) is 0 Å². The maximum absolute atomic E-state index is 12.4. The van der Waals surface area contributed by atoms with E-state index in [4.69, 9.17) is 0 Å². The van der Waals surface area contributed by atoms with Crippen molar-refractivity contribution < 1.29 is 4.79 Å². The van der Waals surface area contributed by atoms with Crippen LogP contribution >= 0.6 is 0 Å². The molecule has 1 amide bonds. The molecule has 0 aromatic heterocycles. The molecule has 0 aromatic carbocycles. The lowest BCUT2D eigenvalue weighted by molar-refractivity contribution is -0.157. The summed E-state index contributed by atoms with van der Waals surface area (Å²) in [5, 5.41) is 7.65. The van der Waals surface area contributed by atoms with Crippen molar-refractivity contribution in [3.63, 3.8) is 0 Å². The van der Waals surface area contributed by atoms with Crippen LogP contribution in [0.2, 0.25) is 0 Å². The zero-order valence-electron chi connectivity index (χ0n) is 11.0. The Balaban J connectivity index is 1.90. The van der Waals surface area contributed by atoms with E-state index in [2.05, 4.69) is 17.2 Å². The minimum atomic E-state index is 0.0608. The van der Waals surface area contributed by atoms with Gasteiger partial charge in [0, 0.05) is 19.6 Å². The van der Waals surface area contributed by atoms with Crippen LogP contribution < -0.4 is 5.32 Å². The van der Waals surface area contributed by atoms with Gasteiger partial charge >= 0.3 is 0 Å². The molecule has 0 bridgehead atoms. The minimum Gasteiger partial charge on any atom is -0.306 e. The molecule has 0 aliphatic carbocycles. The van der Waals surface area contributed by atoms with E-state index in [9.17, 15) is 4.79 Å².